The first-order valence-electron chi connectivity index (χ1n) is 9.80. The molecule has 1 aliphatic heterocycles. The maximum absolute atomic E-state index is 12.9. The number of nitrogens with zero attached hydrogens (tertiary/aromatic N) is 3. The number of hydrogen-bond donors (Lipinski definition) is 1. The maximum atomic E-state index is 12.9. The molecule has 6 nitrogen and oxygen atoms in total. The molecular weight excluding hydrogens is 364 g/mol. The topological polar surface area (TPSA) is 67.2 Å². The molecule has 0 saturated carbocycles. The lowest BCUT2D eigenvalue weighted by Crippen LogP contribution is -2.30. The van der Waals surface area contributed by atoms with E-state index in [-0.39, 0.29) is 17.7 Å². The molecule has 2 aromatic carbocycles. The van der Waals surface area contributed by atoms with Gasteiger partial charge in [0.25, 0.3) is 0 Å². The Kier molecular flexibility index (Phi) is 5.16. The summed E-state index contributed by atoms with van der Waals surface area (Å²) in [6.45, 7) is 4.67. The Morgan fingerprint density at radius 3 is 2.45 bits per heavy atom. The minimum absolute atomic E-state index is 0.0104. The average Bonchev–Trinajstić information content (AvgIpc) is 3.37. The summed E-state index contributed by atoms with van der Waals surface area (Å²) in [6, 6.07) is 19.8. The summed E-state index contributed by atoms with van der Waals surface area (Å²) in [4.78, 5) is 26.2. The number of anilines is 1. The first kappa shape index (κ1) is 18.9. The predicted molar refractivity (Wildman–Crippen MR) is 113 cm³/mol. The first-order valence-corrected chi connectivity index (χ1v) is 9.80. The molecule has 3 aromatic rings. The number of nitrogens with one attached hydrogen (secondary N) is 1. The highest BCUT2D eigenvalue weighted by Gasteiger charge is 2.30. The highest BCUT2D eigenvalue weighted by atomic mass is 16.2. The van der Waals surface area contributed by atoms with Crippen LogP contribution in [-0.4, -0.2) is 39.6 Å². The third-order valence-corrected chi connectivity index (χ3v) is 5.31. The zero-order valence-corrected chi connectivity index (χ0v) is 16.6. The molecule has 1 atom stereocenters. The average molecular weight is 388 g/mol. The molecule has 148 valence electrons. The highest BCUT2D eigenvalue weighted by molar-refractivity contribution is 5.93. The Morgan fingerprint density at radius 1 is 1.07 bits per heavy atom. The van der Waals surface area contributed by atoms with E-state index in [1.807, 2.05) is 67.6 Å². The lowest BCUT2D eigenvalue weighted by Gasteiger charge is -2.14. The lowest BCUT2D eigenvalue weighted by molar-refractivity contribution is -0.128. The van der Waals surface area contributed by atoms with Crippen molar-refractivity contribution < 1.29 is 9.59 Å². The van der Waals surface area contributed by atoms with Crippen molar-refractivity contribution in [2.24, 2.45) is 5.92 Å². The number of rotatable bonds is 4. The van der Waals surface area contributed by atoms with Gasteiger partial charge < -0.3 is 10.2 Å². The van der Waals surface area contributed by atoms with Crippen LogP contribution in [0.3, 0.4) is 0 Å². The van der Waals surface area contributed by atoms with E-state index in [9.17, 15) is 9.59 Å². The summed E-state index contributed by atoms with van der Waals surface area (Å²) in [5.41, 5.74) is 3.84. The van der Waals surface area contributed by atoms with Crippen LogP contribution in [0.5, 0.6) is 0 Å². The molecule has 1 N–H and O–H groups in total. The van der Waals surface area contributed by atoms with Gasteiger partial charge in [-0.05, 0) is 25.5 Å². The molecule has 1 unspecified atom stereocenters. The number of para-hydroxylation sites is 1. The molecule has 1 saturated heterocycles. The third-order valence-electron chi connectivity index (χ3n) is 5.31. The van der Waals surface area contributed by atoms with Gasteiger partial charge in [-0.1, -0.05) is 48.0 Å². The van der Waals surface area contributed by atoms with Gasteiger partial charge in [0.05, 0.1) is 17.3 Å². The van der Waals surface area contributed by atoms with Crippen molar-refractivity contribution in [1.29, 1.82) is 0 Å². The summed E-state index contributed by atoms with van der Waals surface area (Å²) in [6.07, 6.45) is 0.676. The largest absolute Gasteiger partial charge is 0.342 e. The van der Waals surface area contributed by atoms with E-state index >= 15 is 0 Å². The van der Waals surface area contributed by atoms with Crippen molar-refractivity contribution in [3.05, 3.63) is 66.2 Å². The Morgan fingerprint density at radius 2 is 1.79 bits per heavy atom. The molecule has 0 spiro atoms. The van der Waals surface area contributed by atoms with Crippen LogP contribution in [0.1, 0.15) is 18.9 Å². The smallest absolute Gasteiger partial charge is 0.230 e. The number of amides is 2. The molecule has 0 aliphatic carbocycles. The van der Waals surface area contributed by atoms with E-state index in [4.69, 9.17) is 5.10 Å². The van der Waals surface area contributed by atoms with Gasteiger partial charge in [0, 0.05) is 31.6 Å². The van der Waals surface area contributed by atoms with Crippen molar-refractivity contribution in [2.45, 2.75) is 20.3 Å². The van der Waals surface area contributed by atoms with Crippen molar-refractivity contribution in [1.82, 2.24) is 14.7 Å². The fourth-order valence-corrected chi connectivity index (χ4v) is 3.59. The highest BCUT2D eigenvalue weighted by Crippen LogP contribution is 2.26. The molecule has 1 aliphatic rings. The summed E-state index contributed by atoms with van der Waals surface area (Å²) < 4.78 is 1.75. The van der Waals surface area contributed by atoms with Crippen LogP contribution in [0.15, 0.2) is 60.7 Å². The number of likely N-dealkylation sites (tertiary alicyclic amines) is 1. The molecule has 29 heavy (non-hydrogen) atoms. The number of aryl methyl sites for hydroxylation is 1. The normalized spacial score (nSPS) is 16.1. The maximum Gasteiger partial charge on any atom is 0.230 e. The summed E-state index contributed by atoms with van der Waals surface area (Å²) in [7, 11) is 0. The van der Waals surface area contributed by atoms with E-state index in [0.29, 0.717) is 25.3 Å². The standard InChI is InChI=1S/C23H24N4O2/c1-16-8-10-18(11-9-16)21-14-22(27(25-21)20-6-4-3-5-7-20)24-23(29)19-12-13-26(15-19)17(2)28/h3-11,14,19H,12-13,15H2,1-2H3,(H,24,29). The summed E-state index contributed by atoms with van der Waals surface area (Å²) in [5, 5.41) is 7.78. The van der Waals surface area contributed by atoms with Crippen molar-refractivity contribution in [3.8, 4) is 16.9 Å². The Balaban J connectivity index is 1.63. The number of carbonyl (C=O) groups excluding carboxylic acids is 2. The van der Waals surface area contributed by atoms with Crippen LogP contribution < -0.4 is 5.32 Å². The van der Waals surface area contributed by atoms with E-state index < -0.39 is 0 Å². The SMILES string of the molecule is CC(=O)N1CCC(C(=O)Nc2cc(-c3ccc(C)cc3)nn2-c2ccccc2)C1. The molecule has 0 bridgehead atoms. The molecule has 0 radical (unpaired) electrons. The van der Waals surface area contributed by atoms with E-state index in [1.54, 1.807) is 16.5 Å². The Hall–Kier alpha value is -3.41. The predicted octanol–water partition coefficient (Wildman–Crippen LogP) is 3.65. The van der Waals surface area contributed by atoms with Gasteiger partial charge in [0.1, 0.15) is 5.82 Å². The molecular formula is C23H24N4O2. The summed E-state index contributed by atoms with van der Waals surface area (Å²) in [5.74, 6) is 0.344. The molecule has 2 amide bonds. The first-order chi connectivity index (χ1) is 14.0. The van der Waals surface area contributed by atoms with Gasteiger partial charge in [-0.25, -0.2) is 4.68 Å². The Labute approximate surface area is 170 Å². The van der Waals surface area contributed by atoms with Gasteiger partial charge in [0.2, 0.25) is 11.8 Å². The van der Waals surface area contributed by atoms with Crippen LogP contribution in [0.4, 0.5) is 5.82 Å². The Bertz CT molecular complexity index is 1020. The van der Waals surface area contributed by atoms with Gasteiger partial charge in [-0.2, -0.15) is 5.10 Å². The van der Waals surface area contributed by atoms with Gasteiger partial charge in [0.15, 0.2) is 0 Å². The van der Waals surface area contributed by atoms with Crippen LogP contribution in [0, 0.1) is 12.8 Å². The second-order valence-corrected chi connectivity index (χ2v) is 7.47. The minimum Gasteiger partial charge on any atom is -0.342 e. The molecule has 4 rings (SSSR count). The van der Waals surface area contributed by atoms with E-state index in [0.717, 1.165) is 16.9 Å². The van der Waals surface area contributed by atoms with E-state index in [2.05, 4.69) is 5.32 Å². The number of hydrogen-bond acceptors (Lipinski definition) is 3. The summed E-state index contributed by atoms with van der Waals surface area (Å²) >= 11 is 0. The molecule has 6 heteroatoms. The fourth-order valence-electron chi connectivity index (χ4n) is 3.59. The number of aromatic nitrogens is 2. The third kappa shape index (κ3) is 4.06. The number of benzene rings is 2. The minimum atomic E-state index is -0.208. The fraction of sp³-hybridized carbons (Fsp3) is 0.261. The monoisotopic (exact) mass is 388 g/mol. The van der Waals surface area contributed by atoms with Crippen LogP contribution >= 0.6 is 0 Å². The number of carbonyl (C=O) groups is 2. The molecule has 1 fully saturated rings. The van der Waals surface area contributed by atoms with Crippen molar-refractivity contribution in [2.75, 3.05) is 18.4 Å². The molecule has 2 heterocycles. The second-order valence-electron chi connectivity index (χ2n) is 7.47. The second kappa shape index (κ2) is 7.91. The molecule has 1 aromatic heterocycles. The zero-order valence-electron chi connectivity index (χ0n) is 16.6. The van der Waals surface area contributed by atoms with Crippen molar-refractivity contribution >= 4 is 17.6 Å². The van der Waals surface area contributed by atoms with Crippen LogP contribution in [-0.2, 0) is 9.59 Å². The van der Waals surface area contributed by atoms with Crippen LogP contribution in [0.2, 0.25) is 0 Å². The lowest BCUT2D eigenvalue weighted by atomic mass is 10.1. The van der Waals surface area contributed by atoms with Gasteiger partial charge in [-0.3, -0.25) is 9.59 Å². The van der Waals surface area contributed by atoms with E-state index in [1.165, 1.54) is 5.56 Å². The van der Waals surface area contributed by atoms with Gasteiger partial charge >= 0.3 is 0 Å². The van der Waals surface area contributed by atoms with Crippen molar-refractivity contribution in [3.63, 3.8) is 0 Å². The zero-order chi connectivity index (χ0) is 20.4. The quantitative estimate of drug-likeness (QED) is 0.742. The van der Waals surface area contributed by atoms with Gasteiger partial charge in [-0.15, -0.1) is 0 Å². The van der Waals surface area contributed by atoms with Crippen LogP contribution in [0.25, 0.3) is 16.9 Å².